The van der Waals surface area contributed by atoms with E-state index in [9.17, 15) is 25.9 Å². The molecule has 0 heterocycles. The van der Waals surface area contributed by atoms with E-state index in [2.05, 4.69) is 42.3 Å². The fourth-order valence-corrected chi connectivity index (χ4v) is 3.15. The molecule has 0 saturated carbocycles. The van der Waals surface area contributed by atoms with Crippen molar-refractivity contribution in [2.45, 2.75) is 9.79 Å². The third kappa shape index (κ3) is 20.3. The fourth-order valence-electron chi connectivity index (χ4n) is 2.17. The Hall–Kier alpha value is -1.90. The molecule has 0 atom stereocenters. The van der Waals surface area contributed by atoms with Gasteiger partial charge in [0.2, 0.25) is 0 Å². The highest BCUT2D eigenvalue weighted by Gasteiger charge is 2.07. The molecule has 0 saturated heterocycles. The minimum Gasteiger partial charge on any atom is -0.744 e. The van der Waals surface area contributed by atoms with E-state index in [-0.39, 0.29) is 9.79 Å². The van der Waals surface area contributed by atoms with Gasteiger partial charge in [-0.15, -0.1) is 0 Å². The summed E-state index contributed by atoms with van der Waals surface area (Å²) in [5.41, 5.74) is 0. The summed E-state index contributed by atoms with van der Waals surface area (Å²) in [6, 6.07) is 14.4. The molecule has 0 aliphatic carbocycles. The third-order valence-electron chi connectivity index (χ3n) is 4.25. The quantitative estimate of drug-likeness (QED) is 0.235. The van der Waals surface area contributed by atoms with Gasteiger partial charge in [0.05, 0.1) is 78.5 Å². The van der Waals surface area contributed by atoms with Gasteiger partial charge < -0.3 is 27.5 Å². The second kappa shape index (κ2) is 16.0. The lowest BCUT2D eigenvalue weighted by atomic mass is 10.4. The Bertz CT molecular complexity index is 961. The van der Waals surface area contributed by atoms with Crippen LogP contribution in [0.15, 0.2) is 70.5 Å². The molecule has 0 bridgehead atoms. The predicted molar refractivity (Wildman–Crippen MR) is 136 cm³/mol. The standard InChI is InChI=1S/C12H30N2O2.2C6H6O3S/c1-13(2,3)7-9-15-11-12-16-10-8-14(4,5)6;2*7-10(8,9)6-4-2-1-3-5-6/h7-12H2,1-6H3;2*1-5H,(H,7,8,9)/q+2;;/p-2. The zero-order chi connectivity index (χ0) is 27.9. The zero-order valence-electron chi connectivity index (χ0n) is 22.0. The van der Waals surface area contributed by atoms with E-state index < -0.39 is 20.2 Å². The van der Waals surface area contributed by atoms with E-state index in [0.717, 1.165) is 35.3 Å². The van der Waals surface area contributed by atoms with Crippen LogP contribution in [0, 0.1) is 0 Å². The van der Waals surface area contributed by atoms with E-state index in [1.807, 2.05) is 0 Å². The smallest absolute Gasteiger partial charge is 0.124 e. The van der Waals surface area contributed by atoms with Crippen molar-refractivity contribution in [3.63, 3.8) is 0 Å². The van der Waals surface area contributed by atoms with E-state index in [0.29, 0.717) is 13.2 Å². The normalized spacial score (nSPS) is 12.1. The molecule has 0 unspecified atom stereocenters. The summed E-state index contributed by atoms with van der Waals surface area (Å²) in [5, 5.41) is 0. The number of ether oxygens (including phenoxy) is 2. The van der Waals surface area contributed by atoms with E-state index in [1.165, 1.54) is 48.5 Å². The average Bonchev–Trinajstić information content (AvgIpc) is 2.75. The maximum absolute atomic E-state index is 10.3. The van der Waals surface area contributed by atoms with Crippen LogP contribution < -0.4 is 0 Å². The highest BCUT2D eigenvalue weighted by Crippen LogP contribution is 2.05. The van der Waals surface area contributed by atoms with Crippen LogP contribution in [0.4, 0.5) is 0 Å². The Morgan fingerprint density at radius 1 is 0.556 bits per heavy atom. The molecule has 0 radical (unpaired) electrons. The average molecular weight is 549 g/mol. The van der Waals surface area contributed by atoms with Gasteiger partial charge in [0, 0.05) is 0 Å². The van der Waals surface area contributed by atoms with Gasteiger partial charge in [-0.3, -0.25) is 0 Å². The second-order valence-corrected chi connectivity index (χ2v) is 12.5. The maximum atomic E-state index is 10.3. The van der Waals surface area contributed by atoms with Crippen molar-refractivity contribution in [2.24, 2.45) is 0 Å². The van der Waals surface area contributed by atoms with Crippen LogP contribution in [0.2, 0.25) is 0 Å². The first-order valence-electron chi connectivity index (χ1n) is 11.2. The molecule has 0 aromatic heterocycles. The van der Waals surface area contributed by atoms with Crippen LogP contribution in [0.25, 0.3) is 0 Å². The van der Waals surface area contributed by atoms with Crippen LogP contribution in [-0.2, 0) is 29.7 Å². The largest absolute Gasteiger partial charge is 0.744 e. The number of hydrogen-bond donors (Lipinski definition) is 0. The minimum atomic E-state index is -4.25. The van der Waals surface area contributed by atoms with E-state index in [4.69, 9.17) is 9.47 Å². The number of quaternary nitrogens is 2. The molecule has 0 aliphatic heterocycles. The summed E-state index contributed by atoms with van der Waals surface area (Å²) in [7, 11) is 4.50. The number of hydrogen-bond acceptors (Lipinski definition) is 8. The zero-order valence-corrected chi connectivity index (χ0v) is 23.6. The van der Waals surface area contributed by atoms with Gasteiger partial charge in [0.1, 0.15) is 33.3 Å². The summed E-state index contributed by atoms with van der Waals surface area (Å²) < 4.78 is 74.5. The van der Waals surface area contributed by atoms with Crippen molar-refractivity contribution in [1.82, 2.24) is 0 Å². The predicted octanol–water partition coefficient (Wildman–Crippen LogP) is 1.61. The first kappa shape index (κ1) is 34.1. The topological polar surface area (TPSA) is 133 Å². The molecule has 0 spiro atoms. The lowest BCUT2D eigenvalue weighted by Gasteiger charge is -2.24. The number of benzene rings is 2. The Morgan fingerprint density at radius 3 is 1.03 bits per heavy atom. The molecule has 36 heavy (non-hydrogen) atoms. The van der Waals surface area contributed by atoms with Crippen LogP contribution in [0.1, 0.15) is 0 Å². The van der Waals surface area contributed by atoms with Gasteiger partial charge in [-0.25, -0.2) is 16.8 Å². The van der Waals surface area contributed by atoms with Gasteiger partial charge >= 0.3 is 0 Å². The maximum Gasteiger partial charge on any atom is 0.124 e. The highest BCUT2D eigenvalue weighted by atomic mass is 32.2. The van der Waals surface area contributed by atoms with E-state index in [1.54, 1.807) is 12.1 Å². The molecule has 0 N–H and O–H groups in total. The van der Waals surface area contributed by atoms with Crippen LogP contribution in [0.5, 0.6) is 0 Å². The Balaban J connectivity index is 0.000000532. The molecule has 0 aliphatic rings. The van der Waals surface area contributed by atoms with Crippen LogP contribution in [-0.4, -0.2) is 117 Å². The first-order chi connectivity index (χ1) is 16.4. The molecular weight excluding hydrogens is 508 g/mol. The summed E-state index contributed by atoms with van der Waals surface area (Å²) in [5.74, 6) is 0. The third-order valence-corrected chi connectivity index (χ3v) is 5.95. The van der Waals surface area contributed by atoms with Gasteiger partial charge in [0.25, 0.3) is 0 Å². The Morgan fingerprint density at radius 2 is 0.833 bits per heavy atom. The molecule has 2 aromatic carbocycles. The number of likely N-dealkylation sites (N-methyl/N-ethyl adjacent to an activating group) is 2. The minimum absolute atomic E-state index is 0.185. The Kier molecular flexibility index (Phi) is 15.2. The van der Waals surface area contributed by atoms with E-state index >= 15 is 0 Å². The summed E-state index contributed by atoms with van der Waals surface area (Å²) in [6.45, 7) is 5.11. The van der Waals surface area contributed by atoms with Crippen molar-refractivity contribution in [2.75, 3.05) is 81.8 Å². The van der Waals surface area contributed by atoms with Crippen molar-refractivity contribution >= 4 is 20.2 Å². The number of nitrogens with zero attached hydrogens (tertiary/aromatic N) is 2. The molecule has 0 amide bonds. The van der Waals surface area contributed by atoms with Gasteiger partial charge in [-0.05, 0) is 24.3 Å². The molecule has 10 nitrogen and oxygen atoms in total. The molecule has 2 aromatic rings. The fraction of sp³-hybridized carbons (Fsp3) is 0.500. The molecule has 0 fully saturated rings. The molecular formula is C24H40N2O8S2. The van der Waals surface area contributed by atoms with Crippen molar-refractivity contribution in [3.8, 4) is 0 Å². The highest BCUT2D eigenvalue weighted by molar-refractivity contribution is 7.86. The first-order valence-corrected chi connectivity index (χ1v) is 14.0. The van der Waals surface area contributed by atoms with Gasteiger partial charge in [-0.1, -0.05) is 36.4 Å². The van der Waals surface area contributed by atoms with Crippen molar-refractivity contribution in [1.29, 1.82) is 0 Å². The molecule has 12 heteroatoms. The lowest BCUT2D eigenvalue weighted by Crippen LogP contribution is -2.38. The second-order valence-electron chi connectivity index (χ2n) is 9.79. The lowest BCUT2D eigenvalue weighted by molar-refractivity contribution is -0.871. The summed E-state index contributed by atoms with van der Waals surface area (Å²) >= 11 is 0. The molecule has 2 rings (SSSR count). The summed E-state index contributed by atoms with van der Waals surface area (Å²) in [6.07, 6.45) is 0. The monoisotopic (exact) mass is 548 g/mol. The van der Waals surface area contributed by atoms with Crippen LogP contribution in [0.3, 0.4) is 0 Å². The SMILES string of the molecule is C[N+](C)(C)CCOCCOCC[N+](C)(C)C.O=S(=O)([O-])c1ccccc1.O=S(=O)([O-])c1ccccc1. The van der Waals surface area contributed by atoms with Crippen LogP contribution >= 0.6 is 0 Å². The van der Waals surface area contributed by atoms with Crippen molar-refractivity contribution in [3.05, 3.63) is 60.7 Å². The van der Waals surface area contributed by atoms with Crippen molar-refractivity contribution < 1.29 is 44.4 Å². The summed E-state index contributed by atoms with van der Waals surface area (Å²) in [4.78, 5) is -0.370. The Labute approximate surface area is 216 Å². The van der Waals surface area contributed by atoms with Gasteiger partial charge in [-0.2, -0.15) is 0 Å². The number of rotatable bonds is 11. The van der Waals surface area contributed by atoms with Gasteiger partial charge in [0.15, 0.2) is 0 Å². The molecule has 206 valence electrons.